The first-order valence-corrected chi connectivity index (χ1v) is 4.53. The summed E-state index contributed by atoms with van der Waals surface area (Å²) in [6.07, 6.45) is -0.283. The number of anilines is 2. The Morgan fingerprint density at radius 1 is 1.33 bits per heavy atom. The third-order valence-corrected chi connectivity index (χ3v) is 2.01. The van der Waals surface area contributed by atoms with Gasteiger partial charge in [-0.1, -0.05) is 0 Å². The Balaban J connectivity index is 2.60. The van der Waals surface area contributed by atoms with E-state index in [1.807, 2.05) is 11.9 Å². The number of likely N-dealkylation sites (N-methyl/N-ethyl adjacent to an activating group) is 1. The predicted molar refractivity (Wildman–Crippen MR) is 57.5 cm³/mol. The molecule has 1 rings (SSSR count). The molecule has 84 valence electrons. The minimum absolute atomic E-state index is 0.283. The number of rotatable bonds is 5. The zero-order valence-corrected chi connectivity index (χ0v) is 9.17. The van der Waals surface area contributed by atoms with Crippen LogP contribution in [0.1, 0.15) is 0 Å². The lowest BCUT2D eigenvalue weighted by Gasteiger charge is -2.22. The summed E-state index contributed by atoms with van der Waals surface area (Å²) in [7, 11) is 5.07. The Bertz CT molecular complexity index is 287. The lowest BCUT2D eigenvalue weighted by molar-refractivity contribution is -0.0944. The third-order valence-electron chi connectivity index (χ3n) is 2.01. The number of hydrogen-bond acceptors (Lipinski definition) is 6. The Morgan fingerprint density at radius 2 is 2.00 bits per heavy atom. The second-order valence-electron chi connectivity index (χ2n) is 3.10. The van der Waals surface area contributed by atoms with E-state index in [9.17, 15) is 0 Å². The van der Waals surface area contributed by atoms with Crippen LogP contribution < -0.4 is 10.6 Å². The van der Waals surface area contributed by atoms with Gasteiger partial charge in [0.05, 0.1) is 6.54 Å². The molecule has 6 nitrogen and oxygen atoms in total. The van der Waals surface area contributed by atoms with Gasteiger partial charge in [-0.3, -0.25) is 0 Å². The molecule has 0 saturated heterocycles. The first kappa shape index (κ1) is 11.7. The van der Waals surface area contributed by atoms with Gasteiger partial charge in [-0.05, 0) is 12.1 Å². The van der Waals surface area contributed by atoms with Crippen molar-refractivity contribution in [1.82, 2.24) is 10.2 Å². The van der Waals surface area contributed by atoms with Crippen LogP contribution in [0.25, 0.3) is 0 Å². The highest BCUT2D eigenvalue weighted by Crippen LogP contribution is 2.09. The smallest absolute Gasteiger partial charge is 0.174 e. The van der Waals surface area contributed by atoms with Gasteiger partial charge in [-0.15, -0.1) is 10.2 Å². The third kappa shape index (κ3) is 3.34. The van der Waals surface area contributed by atoms with Gasteiger partial charge in [0.2, 0.25) is 0 Å². The van der Waals surface area contributed by atoms with E-state index in [1.165, 1.54) is 0 Å². The lowest BCUT2D eigenvalue weighted by Crippen LogP contribution is -2.32. The summed E-state index contributed by atoms with van der Waals surface area (Å²) in [6, 6.07) is 3.50. The number of nitrogen functional groups attached to an aromatic ring is 1. The van der Waals surface area contributed by atoms with E-state index in [-0.39, 0.29) is 6.29 Å². The molecule has 0 aromatic carbocycles. The van der Waals surface area contributed by atoms with Crippen LogP contribution in [0.15, 0.2) is 12.1 Å². The summed E-state index contributed by atoms with van der Waals surface area (Å²) in [5.74, 6) is 1.13. The first-order chi connectivity index (χ1) is 7.17. The van der Waals surface area contributed by atoms with E-state index in [0.29, 0.717) is 12.4 Å². The van der Waals surface area contributed by atoms with Gasteiger partial charge in [0.1, 0.15) is 5.82 Å². The van der Waals surface area contributed by atoms with Gasteiger partial charge in [-0.25, -0.2) is 0 Å². The van der Waals surface area contributed by atoms with Crippen LogP contribution in [0.3, 0.4) is 0 Å². The minimum Gasteiger partial charge on any atom is -0.382 e. The molecule has 1 heterocycles. The molecule has 0 aliphatic rings. The summed E-state index contributed by atoms with van der Waals surface area (Å²) in [4.78, 5) is 1.88. The van der Waals surface area contributed by atoms with Crippen molar-refractivity contribution in [2.24, 2.45) is 0 Å². The van der Waals surface area contributed by atoms with Gasteiger partial charge in [0.15, 0.2) is 12.1 Å². The molecular weight excluding hydrogens is 196 g/mol. The molecule has 0 radical (unpaired) electrons. The van der Waals surface area contributed by atoms with Crippen molar-refractivity contribution in [3.05, 3.63) is 12.1 Å². The maximum absolute atomic E-state index is 5.44. The Morgan fingerprint density at radius 3 is 2.47 bits per heavy atom. The zero-order chi connectivity index (χ0) is 11.3. The molecule has 0 saturated carbocycles. The van der Waals surface area contributed by atoms with Crippen LogP contribution >= 0.6 is 0 Å². The molecule has 1 aromatic rings. The number of ether oxygens (including phenoxy) is 2. The molecule has 0 fully saturated rings. The molecule has 0 unspecified atom stereocenters. The molecule has 0 spiro atoms. The lowest BCUT2D eigenvalue weighted by atomic mass is 10.4. The van der Waals surface area contributed by atoms with Crippen LogP contribution in [0.2, 0.25) is 0 Å². The van der Waals surface area contributed by atoms with Gasteiger partial charge < -0.3 is 20.1 Å². The van der Waals surface area contributed by atoms with Crippen LogP contribution in [0, 0.1) is 0 Å². The fraction of sp³-hybridized carbons (Fsp3) is 0.556. The second-order valence-corrected chi connectivity index (χ2v) is 3.10. The first-order valence-electron chi connectivity index (χ1n) is 4.53. The van der Waals surface area contributed by atoms with Crippen molar-refractivity contribution >= 4 is 11.6 Å². The minimum atomic E-state index is -0.283. The van der Waals surface area contributed by atoms with Crippen molar-refractivity contribution in [1.29, 1.82) is 0 Å². The van der Waals surface area contributed by atoms with E-state index in [0.717, 1.165) is 5.82 Å². The highest BCUT2D eigenvalue weighted by molar-refractivity contribution is 5.40. The monoisotopic (exact) mass is 212 g/mol. The summed E-state index contributed by atoms with van der Waals surface area (Å²) < 4.78 is 10.2. The zero-order valence-electron chi connectivity index (χ0n) is 9.17. The number of nitrogens with two attached hydrogens (primary N) is 1. The van der Waals surface area contributed by atoms with Gasteiger partial charge >= 0.3 is 0 Å². The second kappa shape index (κ2) is 5.47. The maximum Gasteiger partial charge on any atom is 0.174 e. The molecule has 6 heteroatoms. The van der Waals surface area contributed by atoms with Crippen LogP contribution in [-0.4, -0.2) is 44.3 Å². The van der Waals surface area contributed by atoms with Crippen molar-refractivity contribution < 1.29 is 9.47 Å². The Kier molecular flexibility index (Phi) is 4.26. The summed E-state index contributed by atoms with van der Waals surface area (Å²) in [6.45, 7) is 0.575. The molecule has 0 aliphatic heterocycles. The van der Waals surface area contributed by atoms with E-state index >= 15 is 0 Å². The van der Waals surface area contributed by atoms with Crippen molar-refractivity contribution in [2.75, 3.05) is 38.4 Å². The molecule has 0 bridgehead atoms. The van der Waals surface area contributed by atoms with Crippen molar-refractivity contribution in [3.8, 4) is 0 Å². The van der Waals surface area contributed by atoms with E-state index in [1.54, 1.807) is 26.4 Å². The Hall–Kier alpha value is -1.40. The predicted octanol–water partition coefficient (Wildman–Crippen LogP) is 0.114. The molecular formula is C9H16N4O2. The molecule has 2 N–H and O–H groups in total. The standard InChI is InChI=1S/C9H16N4O2/c1-13(6-9(14-2)15-3)8-5-4-7(10)11-12-8/h4-5,9H,6H2,1-3H3,(H2,10,11). The average molecular weight is 212 g/mol. The number of methoxy groups -OCH3 is 2. The maximum atomic E-state index is 5.44. The topological polar surface area (TPSA) is 73.5 Å². The molecule has 0 amide bonds. The van der Waals surface area contributed by atoms with E-state index < -0.39 is 0 Å². The number of nitrogens with zero attached hydrogens (tertiary/aromatic N) is 3. The quantitative estimate of drug-likeness (QED) is 0.698. The fourth-order valence-electron chi connectivity index (χ4n) is 1.10. The highest BCUT2D eigenvalue weighted by Gasteiger charge is 2.10. The van der Waals surface area contributed by atoms with Crippen molar-refractivity contribution in [2.45, 2.75) is 6.29 Å². The molecule has 1 aromatic heterocycles. The molecule has 15 heavy (non-hydrogen) atoms. The Labute approximate surface area is 89.0 Å². The normalized spacial score (nSPS) is 10.7. The molecule has 0 aliphatic carbocycles. The van der Waals surface area contributed by atoms with Crippen LogP contribution in [0.5, 0.6) is 0 Å². The summed E-state index contributed by atoms with van der Waals surface area (Å²) >= 11 is 0. The van der Waals surface area contributed by atoms with Crippen LogP contribution in [0.4, 0.5) is 11.6 Å². The van der Waals surface area contributed by atoms with Crippen LogP contribution in [-0.2, 0) is 9.47 Å². The van der Waals surface area contributed by atoms with E-state index in [4.69, 9.17) is 15.2 Å². The number of aromatic nitrogens is 2. The van der Waals surface area contributed by atoms with Gasteiger partial charge in [0.25, 0.3) is 0 Å². The van der Waals surface area contributed by atoms with Crippen molar-refractivity contribution in [3.63, 3.8) is 0 Å². The van der Waals surface area contributed by atoms with Gasteiger partial charge in [0, 0.05) is 21.3 Å². The summed E-state index contributed by atoms with van der Waals surface area (Å²) in [5, 5.41) is 7.70. The highest BCUT2D eigenvalue weighted by atomic mass is 16.7. The van der Waals surface area contributed by atoms with E-state index in [2.05, 4.69) is 10.2 Å². The number of hydrogen-bond donors (Lipinski definition) is 1. The SMILES string of the molecule is COC(CN(C)c1ccc(N)nn1)OC. The largest absolute Gasteiger partial charge is 0.382 e. The summed E-state index contributed by atoms with van der Waals surface area (Å²) in [5.41, 5.74) is 5.44. The average Bonchev–Trinajstić information content (AvgIpc) is 2.26. The molecule has 0 atom stereocenters. The van der Waals surface area contributed by atoms with Gasteiger partial charge in [-0.2, -0.15) is 0 Å². The fourth-order valence-corrected chi connectivity index (χ4v) is 1.10.